The highest BCUT2D eigenvalue weighted by atomic mass is 16.6. The predicted molar refractivity (Wildman–Crippen MR) is 144 cm³/mol. The molecule has 11 nitrogen and oxygen atoms in total. The Labute approximate surface area is 228 Å². The van der Waals surface area contributed by atoms with Gasteiger partial charge in [-0.05, 0) is 48.2 Å². The zero-order valence-electron chi connectivity index (χ0n) is 22.3. The first-order chi connectivity index (χ1) is 19.0. The lowest BCUT2D eigenvalue weighted by Crippen LogP contribution is -2.62. The SMILES string of the molecule is Cc1cc(=O)oc2cc(NCC3=C(C(=O)OC(=O)c4ccc([N+](=O)[O-])cc4)N4C(=O)[C@H](C(C)C)[C@H]4[C@H]3C)ccc12. The highest BCUT2D eigenvalue weighted by Gasteiger charge is 2.59. The van der Waals surface area contributed by atoms with Gasteiger partial charge in [0.15, 0.2) is 0 Å². The van der Waals surface area contributed by atoms with Gasteiger partial charge < -0.3 is 19.4 Å². The Hall–Kier alpha value is -4.80. The molecule has 0 radical (unpaired) electrons. The van der Waals surface area contributed by atoms with Gasteiger partial charge in [-0.1, -0.05) is 20.8 Å². The van der Waals surface area contributed by atoms with Crippen LogP contribution in [0.25, 0.3) is 11.0 Å². The summed E-state index contributed by atoms with van der Waals surface area (Å²) in [4.78, 5) is 62.7. The Bertz CT molecular complexity index is 1650. The fraction of sp³-hybridized carbons (Fsp3) is 0.310. The molecule has 3 aromatic rings. The largest absolute Gasteiger partial charge is 0.423 e. The number of amides is 1. The van der Waals surface area contributed by atoms with Crippen LogP contribution in [0.3, 0.4) is 0 Å². The van der Waals surface area contributed by atoms with Crippen LogP contribution in [0.2, 0.25) is 0 Å². The maximum Gasteiger partial charge on any atom is 0.362 e. The summed E-state index contributed by atoms with van der Waals surface area (Å²) in [5, 5.41) is 14.9. The second-order valence-electron chi connectivity index (χ2n) is 10.4. The Balaban J connectivity index is 1.43. The number of carbonyl (C=O) groups is 3. The van der Waals surface area contributed by atoms with Gasteiger partial charge >= 0.3 is 17.6 Å². The molecular weight excluding hydrogens is 518 g/mol. The lowest BCUT2D eigenvalue weighted by molar-refractivity contribution is -0.384. The Morgan fingerprint density at radius 3 is 2.45 bits per heavy atom. The van der Waals surface area contributed by atoms with Gasteiger partial charge in [0.2, 0.25) is 5.91 Å². The second-order valence-corrected chi connectivity index (χ2v) is 10.4. The van der Waals surface area contributed by atoms with Gasteiger partial charge in [-0.2, -0.15) is 0 Å². The molecule has 0 unspecified atom stereocenters. The molecule has 1 aromatic heterocycles. The number of aryl methyl sites for hydroxylation is 1. The van der Waals surface area contributed by atoms with Crippen molar-refractivity contribution in [3.05, 3.63) is 91.5 Å². The third-order valence-electron chi connectivity index (χ3n) is 7.64. The molecule has 2 aliphatic heterocycles. The average molecular weight is 546 g/mol. The van der Waals surface area contributed by atoms with Crippen molar-refractivity contribution in [2.45, 2.75) is 33.7 Å². The topological polar surface area (TPSA) is 149 Å². The summed E-state index contributed by atoms with van der Waals surface area (Å²) in [6.45, 7) is 7.81. The molecule has 5 rings (SSSR count). The first kappa shape index (κ1) is 26.8. The first-order valence-electron chi connectivity index (χ1n) is 12.8. The molecule has 1 saturated heterocycles. The fourth-order valence-corrected chi connectivity index (χ4v) is 5.60. The lowest BCUT2D eigenvalue weighted by atomic mass is 9.74. The van der Waals surface area contributed by atoms with Crippen molar-refractivity contribution < 1.29 is 28.5 Å². The monoisotopic (exact) mass is 545 g/mol. The summed E-state index contributed by atoms with van der Waals surface area (Å²) in [5.74, 6) is -2.59. The number of hydrogen-bond acceptors (Lipinski definition) is 9. The van der Waals surface area contributed by atoms with Gasteiger partial charge in [0, 0.05) is 47.8 Å². The zero-order chi connectivity index (χ0) is 28.9. The molecular formula is C29H27N3O8. The summed E-state index contributed by atoms with van der Waals surface area (Å²) in [6, 6.07) is 11.2. The van der Waals surface area contributed by atoms with Crippen molar-refractivity contribution >= 4 is 40.2 Å². The van der Waals surface area contributed by atoms with Crippen LogP contribution in [0.1, 0.15) is 36.7 Å². The number of ether oxygens (including phenoxy) is 1. The number of rotatable bonds is 7. The molecule has 40 heavy (non-hydrogen) atoms. The number of carbonyl (C=O) groups excluding carboxylic acids is 3. The third-order valence-corrected chi connectivity index (χ3v) is 7.64. The van der Waals surface area contributed by atoms with E-state index >= 15 is 0 Å². The number of nitrogens with one attached hydrogen (secondary N) is 1. The van der Waals surface area contributed by atoms with Crippen LogP contribution in [0.4, 0.5) is 11.4 Å². The number of β-lactam (4-membered cyclic amide) rings is 1. The van der Waals surface area contributed by atoms with Gasteiger partial charge in [0.1, 0.15) is 11.3 Å². The van der Waals surface area contributed by atoms with E-state index in [1.807, 2.05) is 39.8 Å². The number of hydrogen-bond donors (Lipinski definition) is 1. The van der Waals surface area contributed by atoms with E-state index in [0.717, 1.165) is 23.1 Å². The summed E-state index contributed by atoms with van der Waals surface area (Å²) in [6.07, 6.45) is 0. The van der Waals surface area contributed by atoms with E-state index in [-0.39, 0.29) is 53.2 Å². The molecule has 206 valence electrons. The number of benzene rings is 2. The van der Waals surface area contributed by atoms with Gasteiger partial charge in [-0.3, -0.25) is 14.9 Å². The number of nitro benzene ring substituents is 1. The van der Waals surface area contributed by atoms with Crippen LogP contribution in [-0.4, -0.2) is 40.3 Å². The van der Waals surface area contributed by atoms with E-state index in [9.17, 15) is 29.3 Å². The molecule has 2 aliphatic rings. The predicted octanol–water partition coefficient (Wildman–Crippen LogP) is 4.19. The number of esters is 2. The molecule has 1 N–H and O–H groups in total. The molecule has 0 bridgehead atoms. The van der Waals surface area contributed by atoms with E-state index in [0.29, 0.717) is 16.8 Å². The van der Waals surface area contributed by atoms with E-state index in [1.54, 1.807) is 6.07 Å². The van der Waals surface area contributed by atoms with Crippen molar-refractivity contribution in [3.8, 4) is 0 Å². The maximum absolute atomic E-state index is 13.4. The van der Waals surface area contributed by atoms with Crippen LogP contribution in [0.15, 0.2) is 69.0 Å². The number of nitrogens with zero attached hydrogens (tertiary/aromatic N) is 2. The number of anilines is 1. The van der Waals surface area contributed by atoms with Crippen LogP contribution < -0.4 is 10.9 Å². The zero-order valence-corrected chi connectivity index (χ0v) is 22.3. The van der Waals surface area contributed by atoms with Crippen LogP contribution in [0.5, 0.6) is 0 Å². The number of non-ortho nitro benzene ring substituents is 1. The fourth-order valence-electron chi connectivity index (χ4n) is 5.60. The molecule has 2 aromatic carbocycles. The Kier molecular flexibility index (Phi) is 6.74. The highest BCUT2D eigenvalue weighted by molar-refractivity contribution is 6.06. The van der Waals surface area contributed by atoms with Gasteiger partial charge in [0.25, 0.3) is 5.69 Å². The molecule has 1 amide bonds. The average Bonchev–Trinajstić information content (AvgIpc) is 3.14. The van der Waals surface area contributed by atoms with E-state index in [4.69, 9.17) is 9.15 Å². The van der Waals surface area contributed by atoms with Crippen molar-refractivity contribution in [2.75, 3.05) is 11.9 Å². The van der Waals surface area contributed by atoms with E-state index < -0.39 is 22.5 Å². The normalized spacial score (nSPS) is 20.0. The van der Waals surface area contributed by atoms with Gasteiger partial charge in [-0.25, -0.2) is 14.4 Å². The minimum atomic E-state index is -0.982. The lowest BCUT2D eigenvalue weighted by Gasteiger charge is -2.47. The molecule has 3 heterocycles. The van der Waals surface area contributed by atoms with Gasteiger partial charge in [-0.15, -0.1) is 0 Å². The van der Waals surface area contributed by atoms with Crippen molar-refractivity contribution in [2.24, 2.45) is 17.8 Å². The summed E-state index contributed by atoms with van der Waals surface area (Å²) in [5.41, 5.74) is 1.76. The second kappa shape index (κ2) is 10.1. The van der Waals surface area contributed by atoms with Gasteiger partial charge in [0.05, 0.1) is 22.4 Å². The molecule has 1 fully saturated rings. The van der Waals surface area contributed by atoms with Crippen LogP contribution >= 0.6 is 0 Å². The highest BCUT2D eigenvalue weighted by Crippen LogP contribution is 2.48. The molecule has 0 aliphatic carbocycles. The first-order valence-corrected chi connectivity index (χ1v) is 12.8. The van der Waals surface area contributed by atoms with Crippen molar-refractivity contribution in [1.82, 2.24) is 4.90 Å². The minimum Gasteiger partial charge on any atom is -0.423 e. The third kappa shape index (κ3) is 4.53. The van der Waals surface area contributed by atoms with Crippen LogP contribution in [-0.2, 0) is 14.3 Å². The molecule has 3 atom stereocenters. The summed E-state index contributed by atoms with van der Waals surface area (Å²) in [7, 11) is 0. The molecule has 0 saturated carbocycles. The smallest absolute Gasteiger partial charge is 0.362 e. The molecule has 0 spiro atoms. The Morgan fingerprint density at radius 1 is 1.10 bits per heavy atom. The standard InChI is InChI=1S/C29H27N3O8/c1-14(2)24-25-16(4)21(13-30-18-7-10-20-15(3)11-23(33)39-22(20)12-18)26(31(25)27(24)34)29(36)40-28(35)17-5-8-19(9-6-17)32(37)38/h5-12,14,16,24-25,30H,13H2,1-4H3/t16-,24+,25+/m0/s1. The summed E-state index contributed by atoms with van der Waals surface area (Å²) >= 11 is 0. The molecule has 11 heteroatoms. The maximum atomic E-state index is 13.4. The van der Waals surface area contributed by atoms with E-state index in [2.05, 4.69) is 5.32 Å². The quantitative estimate of drug-likeness (QED) is 0.115. The Morgan fingerprint density at radius 2 is 1.80 bits per heavy atom. The number of fused-ring (bicyclic) bond motifs is 2. The van der Waals surface area contributed by atoms with Crippen molar-refractivity contribution in [3.63, 3.8) is 0 Å². The van der Waals surface area contributed by atoms with Crippen LogP contribution in [0, 0.1) is 34.8 Å². The summed E-state index contributed by atoms with van der Waals surface area (Å²) < 4.78 is 10.5. The minimum absolute atomic E-state index is 0.0188. The van der Waals surface area contributed by atoms with E-state index in [1.165, 1.54) is 23.1 Å². The number of nitro groups is 1. The van der Waals surface area contributed by atoms with Crippen molar-refractivity contribution in [1.29, 1.82) is 0 Å².